The summed E-state index contributed by atoms with van der Waals surface area (Å²) >= 11 is 5.69. The van der Waals surface area contributed by atoms with Gasteiger partial charge in [-0.15, -0.1) is 0 Å². The molecule has 0 aromatic carbocycles. The number of halogens is 2. The number of aromatic nitrogens is 1. The first-order valence-electron chi connectivity index (χ1n) is 3.16. The van der Waals surface area contributed by atoms with E-state index in [0.29, 0.717) is 10.6 Å². The third kappa shape index (κ3) is 1.88. The lowest BCUT2D eigenvalue weighted by atomic mass is 10.1. The molecule has 0 amide bonds. The molecule has 0 aliphatic rings. The van der Waals surface area contributed by atoms with Crippen molar-refractivity contribution < 1.29 is 4.39 Å². The lowest BCUT2D eigenvalue weighted by molar-refractivity contribution is 0.437. The molecular formula is C7H8ClFN2. The third-order valence-electron chi connectivity index (χ3n) is 1.37. The standard InChI is InChI=1S/C7H8ClFN2/c8-6-4-11-2-1-5(6)7(10)3-9/h1-2,4,7H,3,10H2. The number of pyridine rings is 1. The normalized spacial score (nSPS) is 13.0. The van der Waals surface area contributed by atoms with E-state index in [0.717, 1.165) is 0 Å². The van der Waals surface area contributed by atoms with E-state index >= 15 is 0 Å². The molecule has 0 spiro atoms. The Labute approximate surface area is 69.2 Å². The van der Waals surface area contributed by atoms with Gasteiger partial charge in [0.05, 0.1) is 11.1 Å². The van der Waals surface area contributed by atoms with Gasteiger partial charge < -0.3 is 5.73 Å². The van der Waals surface area contributed by atoms with Crippen LogP contribution in [-0.2, 0) is 0 Å². The molecular weight excluding hydrogens is 167 g/mol. The molecule has 0 fully saturated rings. The molecule has 1 unspecified atom stereocenters. The lowest BCUT2D eigenvalue weighted by Gasteiger charge is -2.07. The number of nitrogens with zero attached hydrogens (tertiary/aromatic N) is 1. The molecule has 2 nitrogen and oxygen atoms in total. The van der Waals surface area contributed by atoms with Gasteiger partial charge in [-0.05, 0) is 11.6 Å². The van der Waals surface area contributed by atoms with Crippen molar-refractivity contribution in [1.29, 1.82) is 0 Å². The average Bonchev–Trinajstić information content (AvgIpc) is 2.04. The first kappa shape index (κ1) is 8.43. The van der Waals surface area contributed by atoms with Crippen molar-refractivity contribution in [2.75, 3.05) is 6.67 Å². The maximum atomic E-state index is 12.0. The van der Waals surface area contributed by atoms with Crippen LogP contribution in [0.25, 0.3) is 0 Å². The van der Waals surface area contributed by atoms with Crippen molar-refractivity contribution in [3.8, 4) is 0 Å². The van der Waals surface area contributed by atoms with E-state index in [1.807, 2.05) is 0 Å². The van der Waals surface area contributed by atoms with Crippen LogP contribution in [0.4, 0.5) is 4.39 Å². The van der Waals surface area contributed by atoms with Gasteiger partial charge in [-0.2, -0.15) is 0 Å². The number of hydrogen-bond acceptors (Lipinski definition) is 2. The van der Waals surface area contributed by atoms with E-state index in [2.05, 4.69) is 4.98 Å². The Kier molecular flexibility index (Phi) is 2.79. The van der Waals surface area contributed by atoms with Crippen LogP contribution in [0.15, 0.2) is 18.5 Å². The summed E-state index contributed by atoms with van der Waals surface area (Å²) in [7, 11) is 0. The Morgan fingerprint density at radius 3 is 3.00 bits per heavy atom. The second-order valence-electron chi connectivity index (χ2n) is 2.16. The topological polar surface area (TPSA) is 38.9 Å². The van der Waals surface area contributed by atoms with Crippen LogP contribution in [-0.4, -0.2) is 11.7 Å². The number of hydrogen-bond donors (Lipinski definition) is 1. The number of nitrogens with two attached hydrogens (primary N) is 1. The second kappa shape index (κ2) is 3.64. The monoisotopic (exact) mass is 174 g/mol. The molecule has 1 atom stereocenters. The molecule has 0 saturated heterocycles. The highest BCUT2D eigenvalue weighted by atomic mass is 35.5. The van der Waals surface area contributed by atoms with E-state index in [1.165, 1.54) is 12.4 Å². The molecule has 0 aliphatic carbocycles. The van der Waals surface area contributed by atoms with Gasteiger partial charge in [-0.3, -0.25) is 4.98 Å². The highest BCUT2D eigenvalue weighted by Gasteiger charge is 2.08. The summed E-state index contributed by atoms with van der Waals surface area (Å²) in [5.74, 6) is 0. The van der Waals surface area contributed by atoms with Crippen molar-refractivity contribution in [2.24, 2.45) is 5.73 Å². The summed E-state index contributed by atoms with van der Waals surface area (Å²) in [6.07, 6.45) is 2.99. The Balaban J connectivity index is 2.93. The van der Waals surface area contributed by atoms with Crippen molar-refractivity contribution in [2.45, 2.75) is 6.04 Å². The van der Waals surface area contributed by atoms with Crippen LogP contribution in [0, 0.1) is 0 Å². The second-order valence-corrected chi connectivity index (χ2v) is 2.57. The maximum absolute atomic E-state index is 12.0. The third-order valence-corrected chi connectivity index (χ3v) is 1.69. The molecule has 2 N–H and O–H groups in total. The van der Waals surface area contributed by atoms with Crippen LogP contribution in [0.3, 0.4) is 0 Å². The van der Waals surface area contributed by atoms with Crippen LogP contribution >= 0.6 is 11.6 Å². The van der Waals surface area contributed by atoms with Crippen molar-refractivity contribution in [1.82, 2.24) is 4.98 Å². The first-order valence-corrected chi connectivity index (χ1v) is 3.54. The predicted molar refractivity (Wildman–Crippen MR) is 42.2 cm³/mol. The molecule has 0 radical (unpaired) electrons. The minimum Gasteiger partial charge on any atom is -0.322 e. The average molecular weight is 175 g/mol. The number of alkyl halides is 1. The Bertz CT molecular complexity index is 242. The van der Waals surface area contributed by atoms with Crippen LogP contribution < -0.4 is 5.73 Å². The Morgan fingerprint density at radius 1 is 1.73 bits per heavy atom. The zero-order chi connectivity index (χ0) is 8.27. The maximum Gasteiger partial charge on any atom is 0.109 e. The molecule has 1 rings (SSSR count). The highest BCUT2D eigenvalue weighted by molar-refractivity contribution is 6.31. The molecule has 4 heteroatoms. The molecule has 1 aromatic heterocycles. The quantitative estimate of drug-likeness (QED) is 0.742. The number of rotatable bonds is 2. The molecule has 0 saturated carbocycles. The fourth-order valence-corrected chi connectivity index (χ4v) is 1.03. The summed E-state index contributed by atoms with van der Waals surface area (Å²) in [6.45, 7) is -0.607. The highest BCUT2D eigenvalue weighted by Crippen LogP contribution is 2.19. The molecule has 0 bridgehead atoms. The summed E-state index contributed by atoms with van der Waals surface area (Å²) in [5.41, 5.74) is 6.01. The van der Waals surface area contributed by atoms with Gasteiger partial charge in [0.15, 0.2) is 0 Å². The minimum absolute atomic E-state index is 0.414. The van der Waals surface area contributed by atoms with Crippen LogP contribution in [0.5, 0.6) is 0 Å². The van der Waals surface area contributed by atoms with Crippen LogP contribution in [0.1, 0.15) is 11.6 Å². The van der Waals surface area contributed by atoms with E-state index < -0.39 is 12.7 Å². The fourth-order valence-electron chi connectivity index (χ4n) is 0.770. The van der Waals surface area contributed by atoms with E-state index in [9.17, 15) is 4.39 Å². The summed E-state index contributed by atoms with van der Waals surface area (Å²) in [5, 5.41) is 0.414. The van der Waals surface area contributed by atoms with Gasteiger partial charge in [-0.25, -0.2) is 4.39 Å². The van der Waals surface area contributed by atoms with Gasteiger partial charge in [-0.1, -0.05) is 11.6 Å². The molecule has 1 aromatic rings. The predicted octanol–water partition coefficient (Wildman–Crippen LogP) is 1.70. The van der Waals surface area contributed by atoms with Gasteiger partial charge in [0.1, 0.15) is 6.67 Å². The summed E-state index contributed by atoms with van der Waals surface area (Å²) < 4.78 is 12.0. The fraction of sp³-hybridized carbons (Fsp3) is 0.286. The lowest BCUT2D eigenvalue weighted by Crippen LogP contribution is -2.12. The van der Waals surface area contributed by atoms with Crippen LogP contribution in [0.2, 0.25) is 5.02 Å². The molecule has 1 heterocycles. The Hall–Kier alpha value is -0.670. The molecule has 0 aliphatic heterocycles. The Morgan fingerprint density at radius 2 is 2.45 bits per heavy atom. The largest absolute Gasteiger partial charge is 0.322 e. The zero-order valence-electron chi connectivity index (χ0n) is 5.80. The van der Waals surface area contributed by atoms with Gasteiger partial charge >= 0.3 is 0 Å². The minimum atomic E-state index is -0.634. The first-order chi connectivity index (χ1) is 5.25. The van der Waals surface area contributed by atoms with Gasteiger partial charge in [0.2, 0.25) is 0 Å². The van der Waals surface area contributed by atoms with Gasteiger partial charge in [0, 0.05) is 12.4 Å². The van der Waals surface area contributed by atoms with Gasteiger partial charge in [0.25, 0.3) is 0 Å². The summed E-state index contributed by atoms with van der Waals surface area (Å²) in [6, 6.07) is 0.984. The van der Waals surface area contributed by atoms with E-state index in [1.54, 1.807) is 6.07 Å². The van der Waals surface area contributed by atoms with E-state index in [-0.39, 0.29) is 0 Å². The molecule has 60 valence electrons. The summed E-state index contributed by atoms with van der Waals surface area (Å²) in [4.78, 5) is 3.75. The van der Waals surface area contributed by atoms with E-state index in [4.69, 9.17) is 17.3 Å². The smallest absolute Gasteiger partial charge is 0.109 e. The van der Waals surface area contributed by atoms with Crippen molar-refractivity contribution >= 4 is 11.6 Å². The van der Waals surface area contributed by atoms with Crippen molar-refractivity contribution in [3.63, 3.8) is 0 Å². The molecule has 11 heavy (non-hydrogen) atoms. The van der Waals surface area contributed by atoms with Crippen molar-refractivity contribution in [3.05, 3.63) is 29.0 Å². The SMILES string of the molecule is NC(CF)c1ccncc1Cl. The zero-order valence-corrected chi connectivity index (χ0v) is 6.55.